The Morgan fingerprint density at radius 1 is 1.32 bits per heavy atom. The average molecular weight is 461 g/mol. The van der Waals surface area contributed by atoms with Crippen molar-refractivity contribution >= 4 is 33.0 Å². The fourth-order valence-corrected chi connectivity index (χ4v) is 6.30. The Kier molecular flexibility index (Phi) is 6.22. The number of sulfonamides is 1. The maximum atomic E-state index is 13.2. The van der Waals surface area contributed by atoms with E-state index in [1.54, 1.807) is 11.4 Å². The summed E-state index contributed by atoms with van der Waals surface area (Å²) in [5.41, 5.74) is 2.43. The lowest BCUT2D eigenvalue weighted by Gasteiger charge is -2.30. The van der Waals surface area contributed by atoms with E-state index in [1.165, 1.54) is 4.31 Å². The van der Waals surface area contributed by atoms with E-state index in [0.717, 1.165) is 16.9 Å². The van der Waals surface area contributed by atoms with E-state index in [9.17, 15) is 13.2 Å². The number of benzene rings is 1. The van der Waals surface area contributed by atoms with Crippen LogP contribution in [0, 0.1) is 12.8 Å². The highest BCUT2D eigenvalue weighted by molar-refractivity contribution is 7.91. The monoisotopic (exact) mass is 460 g/mol. The number of anilines is 1. The van der Waals surface area contributed by atoms with E-state index in [1.807, 2.05) is 38.1 Å². The normalized spacial score (nSPS) is 17.5. The summed E-state index contributed by atoms with van der Waals surface area (Å²) in [4.78, 5) is 17.0. The van der Waals surface area contributed by atoms with Gasteiger partial charge in [-0.05, 0) is 38.0 Å². The topological polar surface area (TPSA) is 105 Å². The number of hydrogen-bond donors (Lipinski definition) is 1. The maximum Gasteiger partial charge on any atom is 0.252 e. The number of thiophene rings is 1. The summed E-state index contributed by atoms with van der Waals surface area (Å²) in [7, 11) is -3.71. The molecule has 1 amide bonds. The molecule has 1 saturated heterocycles. The molecule has 3 aromatic rings. The Balaban J connectivity index is 1.47. The van der Waals surface area contributed by atoms with Gasteiger partial charge < -0.3 is 9.84 Å². The van der Waals surface area contributed by atoms with E-state index in [-0.39, 0.29) is 16.7 Å². The van der Waals surface area contributed by atoms with Crippen molar-refractivity contribution in [3.8, 4) is 11.4 Å². The summed E-state index contributed by atoms with van der Waals surface area (Å²) in [5, 5.41) is 8.52. The first-order chi connectivity index (χ1) is 14.9. The molecule has 2 aromatic heterocycles. The number of piperidine rings is 1. The molecule has 1 aromatic carbocycles. The van der Waals surface area contributed by atoms with Gasteiger partial charge in [0.2, 0.25) is 17.6 Å². The van der Waals surface area contributed by atoms with Crippen molar-refractivity contribution in [1.82, 2.24) is 14.4 Å². The van der Waals surface area contributed by atoms with E-state index >= 15 is 0 Å². The molecule has 0 spiro atoms. The van der Waals surface area contributed by atoms with Gasteiger partial charge in [0.1, 0.15) is 4.21 Å². The van der Waals surface area contributed by atoms with E-state index in [2.05, 4.69) is 15.5 Å². The van der Waals surface area contributed by atoms with Crippen LogP contribution in [0.1, 0.15) is 31.2 Å². The number of carbonyl (C=O) groups excluding carboxylic acids is 1. The molecule has 0 saturated carbocycles. The van der Waals surface area contributed by atoms with E-state index < -0.39 is 15.9 Å². The van der Waals surface area contributed by atoms with Gasteiger partial charge in [0.05, 0.1) is 5.92 Å². The minimum Gasteiger partial charge on any atom is -0.339 e. The number of nitrogens with zero attached hydrogens (tertiary/aromatic N) is 3. The molecular weight excluding hydrogens is 436 g/mol. The first-order valence-electron chi connectivity index (χ1n) is 10.2. The lowest BCUT2D eigenvalue weighted by Crippen LogP contribution is -2.43. The molecule has 3 heterocycles. The molecule has 1 N–H and O–H groups in total. The fourth-order valence-electron chi connectivity index (χ4n) is 3.47. The molecule has 1 fully saturated rings. The number of nitrogens with one attached hydrogen (secondary N) is 1. The summed E-state index contributed by atoms with van der Waals surface area (Å²) in [5.74, 6) is 0.329. The highest BCUT2D eigenvalue weighted by Crippen LogP contribution is 2.31. The standard InChI is InChI=1S/C21H24N4O4S2/c1-3-18-23-20(24-29-18)16-11-19(30-13-16)31(27,28)25-10-4-5-15(12-25)21(26)22-17-8-6-14(2)7-9-17/h6-9,11,13,15H,3-5,10,12H2,1-2H3,(H,22,26). The van der Waals surface area contributed by atoms with Crippen molar-refractivity contribution in [2.24, 2.45) is 5.92 Å². The minimum absolute atomic E-state index is 0.158. The van der Waals surface area contributed by atoms with Crippen LogP contribution in [0.25, 0.3) is 11.4 Å². The Bertz CT molecular complexity index is 1170. The summed E-state index contributed by atoms with van der Waals surface area (Å²) in [6.07, 6.45) is 1.90. The van der Waals surface area contributed by atoms with Crippen molar-refractivity contribution in [2.45, 2.75) is 37.3 Å². The maximum absolute atomic E-state index is 13.2. The largest absolute Gasteiger partial charge is 0.339 e. The molecule has 0 radical (unpaired) electrons. The zero-order valence-corrected chi connectivity index (χ0v) is 19.0. The molecule has 0 bridgehead atoms. The van der Waals surface area contributed by atoms with Gasteiger partial charge in [-0.25, -0.2) is 8.42 Å². The van der Waals surface area contributed by atoms with E-state index in [0.29, 0.717) is 48.8 Å². The molecule has 10 heteroatoms. The Morgan fingerprint density at radius 2 is 2.10 bits per heavy atom. The van der Waals surface area contributed by atoms with Crippen LogP contribution >= 0.6 is 11.3 Å². The summed E-state index contributed by atoms with van der Waals surface area (Å²) in [6, 6.07) is 9.11. The second-order valence-electron chi connectivity index (χ2n) is 7.58. The van der Waals surface area contributed by atoms with Crippen molar-refractivity contribution in [3.63, 3.8) is 0 Å². The molecule has 4 rings (SSSR count). The third-order valence-electron chi connectivity index (χ3n) is 5.27. The third-order valence-corrected chi connectivity index (χ3v) is 8.55. The molecular formula is C21H24N4O4S2. The zero-order chi connectivity index (χ0) is 22.0. The van der Waals surface area contributed by atoms with Crippen LogP contribution in [0.4, 0.5) is 5.69 Å². The Labute approximate surface area is 185 Å². The molecule has 31 heavy (non-hydrogen) atoms. The van der Waals surface area contributed by atoms with Gasteiger partial charge in [0.15, 0.2) is 0 Å². The number of amides is 1. The fraction of sp³-hybridized carbons (Fsp3) is 0.381. The van der Waals surface area contributed by atoms with Gasteiger partial charge in [0.25, 0.3) is 10.0 Å². The summed E-state index contributed by atoms with van der Waals surface area (Å²) in [6.45, 7) is 4.44. The number of rotatable bonds is 6. The average Bonchev–Trinajstić information content (AvgIpc) is 3.45. The van der Waals surface area contributed by atoms with Gasteiger partial charge in [0, 0.05) is 36.1 Å². The second kappa shape index (κ2) is 8.89. The van der Waals surface area contributed by atoms with Gasteiger partial charge in [-0.1, -0.05) is 29.8 Å². The predicted octanol–water partition coefficient (Wildman–Crippen LogP) is 3.71. The number of aryl methyl sites for hydroxylation is 2. The Morgan fingerprint density at radius 3 is 2.81 bits per heavy atom. The molecule has 1 unspecified atom stereocenters. The number of hydrogen-bond acceptors (Lipinski definition) is 7. The van der Waals surface area contributed by atoms with Crippen LogP contribution in [0.2, 0.25) is 0 Å². The van der Waals surface area contributed by atoms with Gasteiger partial charge in [-0.15, -0.1) is 11.3 Å². The van der Waals surface area contributed by atoms with Crippen LogP contribution in [0.15, 0.2) is 44.4 Å². The quantitative estimate of drug-likeness (QED) is 0.601. The lowest BCUT2D eigenvalue weighted by atomic mass is 9.98. The van der Waals surface area contributed by atoms with Gasteiger partial charge in [-0.2, -0.15) is 9.29 Å². The highest BCUT2D eigenvalue weighted by atomic mass is 32.2. The van der Waals surface area contributed by atoms with Crippen LogP contribution in [0.5, 0.6) is 0 Å². The van der Waals surface area contributed by atoms with Crippen LogP contribution in [-0.4, -0.2) is 41.9 Å². The SMILES string of the molecule is CCc1nc(-c2csc(S(=O)(=O)N3CCCC(C(=O)Nc4ccc(C)cc4)C3)c2)no1. The van der Waals surface area contributed by atoms with Crippen molar-refractivity contribution in [3.05, 3.63) is 47.2 Å². The van der Waals surface area contributed by atoms with Gasteiger partial charge in [-0.3, -0.25) is 4.79 Å². The van der Waals surface area contributed by atoms with Crippen molar-refractivity contribution < 1.29 is 17.7 Å². The van der Waals surface area contributed by atoms with Crippen molar-refractivity contribution in [1.29, 1.82) is 0 Å². The first kappa shape index (κ1) is 21.7. The molecule has 0 aliphatic carbocycles. The number of aromatic nitrogens is 2. The van der Waals surface area contributed by atoms with Crippen LogP contribution in [0.3, 0.4) is 0 Å². The first-order valence-corrected chi connectivity index (χ1v) is 12.5. The van der Waals surface area contributed by atoms with Crippen LogP contribution in [-0.2, 0) is 21.2 Å². The summed E-state index contributed by atoms with van der Waals surface area (Å²) < 4.78 is 33.1. The summed E-state index contributed by atoms with van der Waals surface area (Å²) >= 11 is 1.12. The molecule has 1 aliphatic heterocycles. The van der Waals surface area contributed by atoms with E-state index in [4.69, 9.17) is 4.52 Å². The zero-order valence-electron chi connectivity index (χ0n) is 17.4. The number of carbonyl (C=O) groups is 1. The van der Waals surface area contributed by atoms with Gasteiger partial charge >= 0.3 is 0 Å². The Hall–Kier alpha value is -2.56. The third kappa shape index (κ3) is 4.70. The molecule has 8 nitrogen and oxygen atoms in total. The highest BCUT2D eigenvalue weighted by Gasteiger charge is 2.34. The lowest BCUT2D eigenvalue weighted by molar-refractivity contribution is -0.120. The second-order valence-corrected chi connectivity index (χ2v) is 10.7. The molecule has 1 aliphatic rings. The van der Waals surface area contributed by atoms with Crippen molar-refractivity contribution in [2.75, 3.05) is 18.4 Å². The molecule has 1 atom stereocenters. The smallest absolute Gasteiger partial charge is 0.252 e. The van der Waals surface area contributed by atoms with Crippen LogP contribution < -0.4 is 5.32 Å². The minimum atomic E-state index is -3.71. The predicted molar refractivity (Wildman–Crippen MR) is 118 cm³/mol. The molecule has 164 valence electrons.